The quantitative estimate of drug-likeness (QED) is 0.545. The lowest BCUT2D eigenvalue weighted by atomic mass is 9.51. The van der Waals surface area contributed by atoms with Crippen LogP contribution in [0.25, 0.3) is 0 Å². The molecule has 1 heterocycles. The Morgan fingerprint density at radius 1 is 1.33 bits per heavy atom. The zero-order valence-corrected chi connectivity index (χ0v) is 7.21. The van der Waals surface area contributed by atoms with Crippen molar-refractivity contribution in [1.82, 2.24) is 0 Å². The maximum atomic E-state index is 11.5. The van der Waals surface area contributed by atoms with E-state index < -0.39 is 0 Å². The normalized spacial score (nSPS) is 51.2. The summed E-state index contributed by atoms with van der Waals surface area (Å²) < 4.78 is 5.47. The van der Waals surface area contributed by atoms with Crippen LogP contribution in [0.2, 0.25) is 0 Å². The smallest absolute Gasteiger partial charge is 0.165 e. The van der Waals surface area contributed by atoms with E-state index in [1.807, 2.05) is 0 Å². The molecule has 0 bridgehead atoms. The SMILES string of the molecule is O=C1[C@H]2CCCC[C@]23CCO[C@H]13. The van der Waals surface area contributed by atoms with E-state index >= 15 is 0 Å². The summed E-state index contributed by atoms with van der Waals surface area (Å²) in [7, 11) is 0. The average molecular weight is 166 g/mol. The van der Waals surface area contributed by atoms with E-state index in [0.29, 0.717) is 17.1 Å². The zero-order valence-electron chi connectivity index (χ0n) is 7.21. The number of rotatable bonds is 0. The molecule has 1 aliphatic heterocycles. The van der Waals surface area contributed by atoms with E-state index in [0.717, 1.165) is 19.4 Å². The third kappa shape index (κ3) is 0.598. The predicted molar refractivity (Wildman–Crippen MR) is 43.8 cm³/mol. The van der Waals surface area contributed by atoms with Gasteiger partial charge in [0.25, 0.3) is 0 Å². The Bertz CT molecular complexity index is 236. The van der Waals surface area contributed by atoms with Crippen molar-refractivity contribution in [3.05, 3.63) is 0 Å². The number of Topliss-reactive ketones (excluding diaryl/α,β-unsaturated/α-hetero) is 1. The first-order valence-corrected chi connectivity index (χ1v) is 5.00. The Labute approximate surface area is 72.3 Å². The zero-order chi connectivity index (χ0) is 8.18. The molecule has 1 saturated heterocycles. The summed E-state index contributed by atoms with van der Waals surface area (Å²) in [4.78, 5) is 11.5. The second-order valence-electron chi connectivity index (χ2n) is 4.43. The van der Waals surface area contributed by atoms with Crippen LogP contribution in [0.15, 0.2) is 0 Å². The van der Waals surface area contributed by atoms with Crippen LogP contribution < -0.4 is 0 Å². The average Bonchev–Trinajstić information content (AvgIpc) is 2.43. The summed E-state index contributed by atoms with van der Waals surface area (Å²) in [5.74, 6) is 0.797. The summed E-state index contributed by atoms with van der Waals surface area (Å²) in [5.41, 5.74) is 0.329. The molecule has 1 spiro atoms. The Morgan fingerprint density at radius 2 is 2.25 bits per heavy atom. The van der Waals surface area contributed by atoms with E-state index in [2.05, 4.69) is 0 Å². The molecule has 3 fully saturated rings. The fourth-order valence-corrected chi connectivity index (χ4v) is 3.42. The highest BCUT2D eigenvalue weighted by atomic mass is 16.5. The first-order valence-electron chi connectivity index (χ1n) is 5.00. The summed E-state index contributed by atoms with van der Waals surface area (Å²) in [6, 6.07) is 0. The molecular weight excluding hydrogens is 152 g/mol. The molecule has 0 aromatic rings. The highest BCUT2D eigenvalue weighted by molar-refractivity contribution is 5.94. The second-order valence-corrected chi connectivity index (χ2v) is 4.43. The molecule has 2 aliphatic carbocycles. The monoisotopic (exact) mass is 166 g/mol. The lowest BCUT2D eigenvalue weighted by molar-refractivity contribution is -0.167. The van der Waals surface area contributed by atoms with Gasteiger partial charge in [-0.05, 0) is 19.3 Å². The van der Waals surface area contributed by atoms with Crippen LogP contribution in [0.3, 0.4) is 0 Å². The number of carbonyl (C=O) groups excluding carboxylic acids is 1. The fourth-order valence-electron chi connectivity index (χ4n) is 3.42. The Morgan fingerprint density at radius 3 is 3.17 bits per heavy atom. The van der Waals surface area contributed by atoms with Crippen molar-refractivity contribution >= 4 is 5.78 Å². The molecule has 0 radical (unpaired) electrons. The van der Waals surface area contributed by atoms with Crippen molar-refractivity contribution in [1.29, 1.82) is 0 Å². The number of ether oxygens (including phenoxy) is 1. The van der Waals surface area contributed by atoms with Crippen LogP contribution in [0, 0.1) is 11.3 Å². The van der Waals surface area contributed by atoms with Crippen LogP contribution >= 0.6 is 0 Å². The first-order chi connectivity index (χ1) is 5.84. The highest BCUT2D eigenvalue weighted by Gasteiger charge is 2.65. The molecule has 2 saturated carbocycles. The van der Waals surface area contributed by atoms with E-state index in [1.54, 1.807) is 0 Å². The Kier molecular flexibility index (Phi) is 1.24. The van der Waals surface area contributed by atoms with E-state index in [1.165, 1.54) is 19.3 Å². The van der Waals surface area contributed by atoms with Gasteiger partial charge < -0.3 is 4.74 Å². The Balaban J connectivity index is 1.94. The van der Waals surface area contributed by atoms with Crippen LogP contribution in [-0.2, 0) is 9.53 Å². The van der Waals surface area contributed by atoms with E-state index in [4.69, 9.17) is 4.74 Å². The molecule has 0 amide bonds. The van der Waals surface area contributed by atoms with Gasteiger partial charge in [0, 0.05) is 17.9 Å². The molecule has 3 atom stereocenters. The molecular formula is C10H14O2. The topological polar surface area (TPSA) is 26.3 Å². The third-order valence-electron chi connectivity index (χ3n) is 4.06. The van der Waals surface area contributed by atoms with Gasteiger partial charge in [0.05, 0.1) is 0 Å². The molecule has 3 aliphatic rings. The molecule has 0 N–H and O–H groups in total. The molecule has 3 rings (SSSR count). The van der Waals surface area contributed by atoms with Crippen LogP contribution in [0.1, 0.15) is 32.1 Å². The second kappa shape index (κ2) is 2.11. The largest absolute Gasteiger partial charge is 0.370 e. The molecule has 0 aromatic heterocycles. The number of ketones is 1. The molecule has 0 unspecified atom stereocenters. The molecule has 2 heteroatoms. The summed E-state index contributed by atoms with van der Waals surface area (Å²) >= 11 is 0. The summed E-state index contributed by atoms with van der Waals surface area (Å²) in [6.07, 6.45) is 6.11. The van der Waals surface area contributed by atoms with Crippen LogP contribution in [0.4, 0.5) is 0 Å². The third-order valence-corrected chi connectivity index (χ3v) is 4.06. The summed E-state index contributed by atoms with van der Waals surface area (Å²) in [6.45, 7) is 0.826. The van der Waals surface area contributed by atoms with Gasteiger partial charge in [-0.1, -0.05) is 12.8 Å². The highest BCUT2D eigenvalue weighted by Crippen LogP contribution is 2.59. The van der Waals surface area contributed by atoms with E-state index in [-0.39, 0.29) is 6.10 Å². The molecule has 12 heavy (non-hydrogen) atoms. The van der Waals surface area contributed by atoms with Crippen LogP contribution in [-0.4, -0.2) is 18.5 Å². The lowest BCUT2D eigenvalue weighted by Crippen LogP contribution is -2.60. The van der Waals surface area contributed by atoms with Gasteiger partial charge in [0.2, 0.25) is 0 Å². The van der Waals surface area contributed by atoms with Crippen molar-refractivity contribution < 1.29 is 9.53 Å². The Hall–Kier alpha value is -0.370. The molecule has 0 aromatic carbocycles. The van der Waals surface area contributed by atoms with Gasteiger partial charge in [-0.3, -0.25) is 4.79 Å². The minimum atomic E-state index is 0.0165. The van der Waals surface area contributed by atoms with Crippen molar-refractivity contribution in [2.75, 3.05) is 6.61 Å². The van der Waals surface area contributed by atoms with E-state index in [9.17, 15) is 4.79 Å². The van der Waals surface area contributed by atoms with Gasteiger partial charge in [-0.15, -0.1) is 0 Å². The van der Waals surface area contributed by atoms with Gasteiger partial charge in [0.15, 0.2) is 5.78 Å². The number of hydrogen-bond donors (Lipinski definition) is 0. The minimum absolute atomic E-state index is 0.0165. The predicted octanol–water partition coefficient (Wildman–Crippen LogP) is 1.53. The van der Waals surface area contributed by atoms with Gasteiger partial charge >= 0.3 is 0 Å². The standard InChI is InChI=1S/C10H14O2/c11-8-7-3-1-2-4-10(7)5-6-12-9(8)10/h7,9H,1-6H2/t7-,9-,10+/m1/s1. The van der Waals surface area contributed by atoms with Crippen molar-refractivity contribution in [3.8, 4) is 0 Å². The molecule has 66 valence electrons. The molecule has 2 nitrogen and oxygen atoms in total. The number of hydrogen-bond acceptors (Lipinski definition) is 2. The van der Waals surface area contributed by atoms with Crippen molar-refractivity contribution in [3.63, 3.8) is 0 Å². The maximum Gasteiger partial charge on any atom is 0.165 e. The first kappa shape index (κ1) is 7.07. The van der Waals surface area contributed by atoms with Crippen LogP contribution in [0.5, 0.6) is 0 Å². The fraction of sp³-hybridized carbons (Fsp3) is 0.900. The maximum absolute atomic E-state index is 11.5. The summed E-state index contributed by atoms with van der Waals surface area (Å²) in [5, 5.41) is 0. The van der Waals surface area contributed by atoms with Crippen molar-refractivity contribution in [2.24, 2.45) is 11.3 Å². The lowest BCUT2D eigenvalue weighted by Gasteiger charge is -2.52. The minimum Gasteiger partial charge on any atom is -0.370 e. The van der Waals surface area contributed by atoms with Gasteiger partial charge in [-0.25, -0.2) is 0 Å². The van der Waals surface area contributed by atoms with Crippen molar-refractivity contribution in [2.45, 2.75) is 38.2 Å². The van der Waals surface area contributed by atoms with Gasteiger partial charge in [0.1, 0.15) is 6.10 Å². The number of carbonyl (C=O) groups is 1. The van der Waals surface area contributed by atoms with Gasteiger partial charge in [-0.2, -0.15) is 0 Å².